The summed E-state index contributed by atoms with van der Waals surface area (Å²) in [5.74, 6) is 0. The summed E-state index contributed by atoms with van der Waals surface area (Å²) >= 11 is 0. The summed E-state index contributed by atoms with van der Waals surface area (Å²) in [7, 11) is 0. The van der Waals surface area contributed by atoms with Crippen LogP contribution in [-0.2, 0) is 0 Å². The summed E-state index contributed by atoms with van der Waals surface area (Å²) in [6, 6.07) is 23.0. The minimum absolute atomic E-state index is 0.846. The van der Waals surface area contributed by atoms with Gasteiger partial charge in [0.2, 0.25) is 0 Å². The van der Waals surface area contributed by atoms with Gasteiger partial charge in [-0.3, -0.25) is 0 Å². The van der Waals surface area contributed by atoms with E-state index < -0.39 is 0 Å². The average molecular weight is 273 g/mol. The molecule has 0 saturated heterocycles. The molecule has 0 atom stereocenters. The molecule has 0 spiro atoms. The third kappa shape index (κ3) is 2.43. The molecule has 21 heavy (non-hydrogen) atoms. The van der Waals surface area contributed by atoms with E-state index in [9.17, 15) is 0 Å². The van der Waals surface area contributed by atoms with Crippen LogP contribution in [-0.4, -0.2) is 0 Å². The van der Waals surface area contributed by atoms with E-state index in [2.05, 4.69) is 68.4 Å². The lowest BCUT2D eigenvalue weighted by Crippen LogP contribution is -1.98. The fourth-order valence-corrected chi connectivity index (χ4v) is 2.89. The summed E-state index contributed by atoms with van der Waals surface area (Å²) in [5.41, 5.74) is 14.4. The van der Waals surface area contributed by atoms with Gasteiger partial charge >= 0.3 is 0 Å². The fourth-order valence-electron chi connectivity index (χ4n) is 2.89. The largest absolute Gasteiger partial charge is 0.398 e. The summed E-state index contributed by atoms with van der Waals surface area (Å²) in [6.45, 7) is 4.27. The molecular formula is C20H19N. The highest BCUT2D eigenvalue weighted by molar-refractivity contribution is 5.85. The van der Waals surface area contributed by atoms with E-state index in [1.165, 1.54) is 27.8 Å². The molecule has 0 bridgehead atoms. The van der Waals surface area contributed by atoms with Crippen LogP contribution in [0.1, 0.15) is 11.1 Å². The highest BCUT2D eigenvalue weighted by atomic mass is 14.6. The van der Waals surface area contributed by atoms with Crippen LogP contribution in [0, 0.1) is 13.8 Å². The molecule has 0 radical (unpaired) electrons. The molecule has 0 unspecified atom stereocenters. The van der Waals surface area contributed by atoms with Crippen molar-refractivity contribution in [1.29, 1.82) is 0 Å². The highest BCUT2D eigenvalue weighted by Gasteiger charge is 2.13. The van der Waals surface area contributed by atoms with E-state index in [0.29, 0.717) is 0 Å². The Morgan fingerprint density at radius 2 is 1.19 bits per heavy atom. The minimum Gasteiger partial charge on any atom is -0.398 e. The first-order valence-electron chi connectivity index (χ1n) is 7.19. The van der Waals surface area contributed by atoms with Crippen LogP contribution in [0.5, 0.6) is 0 Å². The van der Waals surface area contributed by atoms with Gasteiger partial charge < -0.3 is 5.73 Å². The summed E-state index contributed by atoms with van der Waals surface area (Å²) in [6.07, 6.45) is 0. The van der Waals surface area contributed by atoms with E-state index in [-0.39, 0.29) is 0 Å². The Morgan fingerprint density at radius 1 is 0.667 bits per heavy atom. The van der Waals surface area contributed by atoms with Gasteiger partial charge in [0.15, 0.2) is 0 Å². The molecule has 3 rings (SSSR count). The van der Waals surface area contributed by atoms with Gasteiger partial charge in [0.1, 0.15) is 0 Å². The molecule has 0 saturated carbocycles. The Kier molecular flexibility index (Phi) is 3.49. The molecule has 2 N–H and O–H groups in total. The third-order valence-corrected chi connectivity index (χ3v) is 4.03. The van der Waals surface area contributed by atoms with E-state index in [1.807, 2.05) is 12.1 Å². The van der Waals surface area contributed by atoms with Crippen molar-refractivity contribution in [3.05, 3.63) is 77.9 Å². The monoisotopic (exact) mass is 273 g/mol. The Morgan fingerprint density at radius 3 is 1.76 bits per heavy atom. The van der Waals surface area contributed by atoms with Crippen LogP contribution in [0.15, 0.2) is 66.7 Å². The Labute approximate surface area is 126 Å². The first kappa shape index (κ1) is 13.4. The van der Waals surface area contributed by atoms with Crippen LogP contribution in [0.2, 0.25) is 0 Å². The topological polar surface area (TPSA) is 26.0 Å². The molecule has 0 amide bonds. The molecule has 3 aromatic carbocycles. The molecule has 0 aliphatic carbocycles. The molecule has 0 aromatic heterocycles. The number of nitrogen functional groups attached to an aromatic ring is 1. The second kappa shape index (κ2) is 5.45. The minimum atomic E-state index is 0.846. The van der Waals surface area contributed by atoms with Crippen molar-refractivity contribution < 1.29 is 0 Å². The molecule has 1 nitrogen and oxygen atoms in total. The highest BCUT2D eigenvalue weighted by Crippen LogP contribution is 2.37. The number of nitrogens with two attached hydrogens (primary N) is 1. The second-order valence-electron chi connectivity index (χ2n) is 5.37. The van der Waals surface area contributed by atoms with Crippen LogP contribution in [0.4, 0.5) is 5.69 Å². The zero-order valence-corrected chi connectivity index (χ0v) is 12.4. The van der Waals surface area contributed by atoms with Crippen molar-refractivity contribution >= 4 is 5.69 Å². The maximum absolute atomic E-state index is 6.27. The number of anilines is 1. The lowest BCUT2D eigenvalue weighted by molar-refractivity contribution is 1.38. The van der Waals surface area contributed by atoms with Gasteiger partial charge in [0.05, 0.1) is 0 Å². The summed E-state index contributed by atoms with van der Waals surface area (Å²) < 4.78 is 0. The van der Waals surface area contributed by atoms with Crippen molar-refractivity contribution in [2.75, 3.05) is 5.73 Å². The van der Waals surface area contributed by atoms with Crippen molar-refractivity contribution in [1.82, 2.24) is 0 Å². The Balaban J connectivity index is 2.29. The van der Waals surface area contributed by atoms with Gasteiger partial charge in [-0.2, -0.15) is 0 Å². The van der Waals surface area contributed by atoms with E-state index in [0.717, 1.165) is 11.3 Å². The number of hydrogen-bond acceptors (Lipinski definition) is 1. The number of benzene rings is 3. The molecule has 0 aliphatic heterocycles. The van der Waals surface area contributed by atoms with Crippen LogP contribution >= 0.6 is 0 Å². The van der Waals surface area contributed by atoms with Crippen molar-refractivity contribution in [2.24, 2.45) is 0 Å². The fraction of sp³-hybridized carbons (Fsp3) is 0.100. The Bertz CT molecular complexity index is 759. The van der Waals surface area contributed by atoms with Crippen molar-refractivity contribution in [3.63, 3.8) is 0 Å². The zero-order valence-electron chi connectivity index (χ0n) is 12.4. The molecule has 0 aliphatic rings. The Hall–Kier alpha value is -2.54. The van der Waals surface area contributed by atoms with E-state index in [1.54, 1.807) is 0 Å². The predicted molar refractivity (Wildman–Crippen MR) is 91.2 cm³/mol. The van der Waals surface area contributed by atoms with Gasteiger partial charge in [-0.1, -0.05) is 60.7 Å². The lowest BCUT2D eigenvalue weighted by atomic mass is 9.88. The maximum Gasteiger partial charge on any atom is 0.0356 e. The van der Waals surface area contributed by atoms with Crippen molar-refractivity contribution in [3.8, 4) is 22.3 Å². The zero-order chi connectivity index (χ0) is 14.8. The first-order valence-corrected chi connectivity index (χ1v) is 7.19. The van der Waals surface area contributed by atoms with Crippen molar-refractivity contribution in [2.45, 2.75) is 13.8 Å². The normalized spacial score (nSPS) is 10.6. The summed E-state index contributed by atoms with van der Waals surface area (Å²) in [5, 5.41) is 0. The SMILES string of the molecule is Cc1c(N)cc(-c2ccccc2)c(C)c1-c1ccccc1. The lowest BCUT2D eigenvalue weighted by Gasteiger charge is -2.17. The molecule has 3 aromatic rings. The van der Waals surface area contributed by atoms with Gasteiger partial charge in [-0.15, -0.1) is 0 Å². The van der Waals surface area contributed by atoms with Crippen LogP contribution in [0.3, 0.4) is 0 Å². The number of rotatable bonds is 2. The first-order chi connectivity index (χ1) is 10.2. The van der Waals surface area contributed by atoms with E-state index >= 15 is 0 Å². The van der Waals surface area contributed by atoms with Gasteiger partial charge in [0.25, 0.3) is 0 Å². The summed E-state index contributed by atoms with van der Waals surface area (Å²) in [4.78, 5) is 0. The molecular weight excluding hydrogens is 254 g/mol. The third-order valence-electron chi connectivity index (χ3n) is 4.03. The van der Waals surface area contributed by atoms with Crippen LogP contribution in [0.25, 0.3) is 22.3 Å². The molecule has 104 valence electrons. The standard InChI is InChI=1S/C20H19N/c1-14-18(16-9-5-3-6-10-16)13-19(21)15(2)20(14)17-11-7-4-8-12-17/h3-13H,21H2,1-2H3. The van der Waals surface area contributed by atoms with Gasteiger partial charge in [-0.25, -0.2) is 0 Å². The molecule has 1 heteroatoms. The van der Waals surface area contributed by atoms with Gasteiger partial charge in [0, 0.05) is 5.69 Å². The molecule has 0 heterocycles. The average Bonchev–Trinajstić information content (AvgIpc) is 2.53. The van der Waals surface area contributed by atoms with Crippen LogP contribution < -0.4 is 5.73 Å². The van der Waals surface area contributed by atoms with Gasteiger partial charge in [-0.05, 0) is 53.3 Å². The predicted octanol–water partition coefficient (Wildman–Crippen LogP) is 5.22. The maximum atomic E-state index is 6.27. The molecule has 0 fully saturated rings. The second-order valence-corrected chi connectivity index (χ2v) is 5.37. The quantitative estimate of drug-likeness (QED) is 0.636. The van der Waals surface area contributed by atoms with E-state index in [4.69, 9.17) is 5.73 Å². The number of hydrogen-bond donors (Lipinski definition) is 1. The smallest absolute Gasteiger partial charge is 0.0356 e.